The van der Waals surface area contributed by atoms with E-state index in [9.17, 15) is 0 Å². The molecule has 0 aliphatic carbocycles. The predicted molar refractivity (Wildman–Crippen MR) is 109 cm³/mol. The van der Waals surface area contributed by atoms with Crippen LogP contribution in [0, 0.1) is 20.8 Å². The molecule has 0 aliphatic heterocycles. The van der Waals surface area contributed by atoms with E-state index < -0.39 is 0 Å². The Kier molecular flexibility index (Phi) is 5.29. The van der Waals surface area contributed by atoms with Gasteiger partial charge in [0.05, 0.1) is 5.69 Å². The summed E-state index contributed by atoms with van der Waals surface area (Å²) < 4.78 is 0. The fourth-order valence-corrected chi connectivity index (χ4v) is 4.12. The molecule has 0 fully saturated rings. The van der Waals surface area contributed by atoms with Gasteiger partial charge in [-0.2, -0.15) is 0 Å². The van der Waals surface area contributed by atoms with E-state index in [-0.39, 0.29) is 0 Å². The average Bonchev–Trinajstić information content (AvgIpc) is 2.92. The molecule has 3 rings (SSSR count). The number of para-hydroxylation sites is 1. The van der Waals surface area contributed by atoms with Crippen LogP contribution in [0.3, 0.4) is 0 Å². The summed E-state index contributed by atoms with van der Waals surface area (Å²) in [7, 11) is 0. The topological polar surface area (TPSA) is 41.8 Å². The van der Waals surface area contributed by atoms with Gasteiger partial charge in [0.15, 0.2) is 0 Å². The Morgan fingerprint density at radius 1 is 1.00 bits per heavy atom. The molecule has 0 bridgehead atoms. The van der Waals surface area contributed by atoms with Gasteiger partial charge < -0.3 is 10.7 Å². The first-order chi connectivity index (χ1) is 12.1. The molecular weight excluding hydrogens is 304 g/mol. The molecule has 2 aromatic carbocycles. The minimum atomic E-state index is 0.764. The summed E-state index contributed by atoms with van der Waals surface area (Å²) in [6, 6.07) is 11.3. The zero-order valence-corrected chi connectivity index (χ0v) is 16.0. The van der Waals surface area contributed by atoms with Gasteiger partial charge in [0.1, 0.15) is 0 Å². The Balaban J connectivity index is 2.24. The zero-order chi connectivity index (χ0) is 18.0. The van der Waals surface area contributed by atoms with Crippen molar-refractivity contribution in [3.8, 4) is 11.3 Å². The quantitative estimate of drug-likeness (QED) is 0.566. The summed E-state index contributed by atoms with van der Waals surface area (Å²) in [5.74, 6) is 0. The Morgan fingerprint density at radius 3 is 2.36 bits per heavy atom. The zero-order valence-electron chi connectivity index (χ0n) is 16.0. The van der Waals surface area contributed by atoms with Crippen molar-refractivity contribution in [3.05, 3.63) is 58.1 Å². The lowest BCUT2D eigenvalue weighted by Gasteiger charge is -2.13. The monoisotopic (exact) mass is 334 g/mol. The number of hydrogen-bond acceptors (Lipinski definition) is 1. The Morgan fingerprint density at radius 2 is 1.72 bits per heavy atom. The highest BCUT2D eigenvalue weighted by molar-refractivity contribution is 5.93. The summed E-state index contributed by atoms with van der Waals surface area (Å²) in [4.78, 5) is 3.80. The third-order valence-electron chi connectivity index (χ3n) is 5.22. The number of aromatic nitrogens is 1. The second-order valence-corrected chi connectivity index (χ2v) is 7.19. The molecule has 0 aliphatic rings. The van der Waals surface area contributed by atoms with E-state index in [4.69, 9.17) is 5.73 Å². The van der Waals surface area contributed by atoms with E-state index >= 15 is 0 Å². The van der Waals surface area contributed by atoms with Crippen molar-refractivity contribution >= 4 is 10.9 Å². The molecule has 0 unspecified atom stereocenters. The first kappa shape index (κ1) is 17.8. The molecule has 0 atom stereocenters. The minimum absolute atomic E-state index is 0.764. The summed E-state index contributed by atoms with van der Waals surface area (Å²) in [5, 5.41) is 1.38. The number of hydrogen-bond donors (Lipinski definition) is 2. The van der Waals surface area contributed by atoms with Crippen LogP contribution >= 0.6 is 0 Å². The van der Waals surface area contributed by atoms with Crippen LogP contribution in [0.25, 0.3) is 22.2 Å². The summed E-state index contributed by atoms with van der Waals surface area (Å²) >= 11 is 0. The highest BCUT2D eigenvalue weighted by Crippen LogP contribution is 2.36. The standard InChI is InChI=1S/C23H30N2/c1-5-18-9-8-11-19-20(10-6-7-12-24)23(25-22(18)19)21-16(3)13-15(2)14-17(21)4/h8-9,11,13-14,25H,5-7,10,12,24H2,1-4H3. The smallest absolute Gasteiger partial charge is 0.0502 e. The SMILES string of the molecule is CCc1cccc2c(CCCCN)c(-c3c(C)cc(C)cc3C)[nH]c12. The molecule has 2 heteroatoms. The molecule has 0 saturated heterocycles. The highest BCUT2D eigenvalue weighted by atomic mass is 14.7. The van der Waals surface area contributed by atoms with Crippen molar-refractivity contribution in [1.82, 2.24) is 4.98 Å². The number of fused-ring (bicyclic) bond motifs is 1. The summed E-state index contributed by atoms with van der Waals surface area (Å²) in [6.45, 7) is 9.62. The molecule has 3 N–H and O–H groups in total. The first-order valence-corrected chi connectivity index (χ1v) is 9.47. The van der Waals surface area contributed by atoms with Crippen molar-refractivity contribution in [2.24, 2.45) is 5.73 Å². The predicted octanol–water partition coefficient (Wildman–Crippen LogP) is 5.60. The van der Waals surface area contributed by atoms with E-state index in [0.717, 1.165) is 32.2 Å². The molecule has 25 heavy (non-hydrogen) atoms. The minimum Gasteiger partial charge on any atom is -0.354 e. The lowest BCUT2D eigenvalue weighted by molar-refractivity contribution is 0.748. The van der Waals surface area contributed by atoms with Crippen LogP contribution in [-0.2, 0) is 12.8 Å². The number of aromatic amines is 1. The Bertz CT molecular complexity index is 863. The van der Waals surface area contributed by atoms with E-state index in [1.165, 1.54) is 50.0 Å². The van der Waals surface area contributed by atoms with Crippen LogP contribution in [0.2, 0.25) is 0 Å². The van der Waals surface area contributed by atoms with Crippen LogP contribution in [0.15, 0.2) is 30.3 Å². The molecule has 1 heterocycles. The molecule has 3 aromatic rings. The lowest BCUT2D eigenvalue weighted by atomic mass is 9.93. The average molecular weight is 335 g/mol. The maximum Gasteiger partial charge on any atom is 0.0502 e. The number of benzene rings is 2. The van der Waals surface area contributed by atoms with E-state index in [1.54, 1.807) is 0 Å². The number of unbranched alkanes of at least 4 members (excludes halogenated alkanes) is 1. The molecule has 0 saturated carbocycles. The van der Waals surface area contributed by atoms with Crippen LogP contribution in [0.5, 0.6) is 0 Å². The van der Waals surface area contributed by atoms with E-state index in [1.807, 2.05) is 0 Å². The molecule has 1 aromatic heterocycles. The lowest BCUT2D eigenvalue weighted by Crippen LogP contribution is -2.00. The van der Waals surface area contributed by atoms with Gasteiger partial charge >= 0.3 is 0 Å². The number of aryl methyl sites for hydroxylation is 5. The van der Waals surface area contributed by atoms with Gasteiger partial charge in [0.25, 0.3) is 0 Å². The molecule has 0 spiro atoms. The van der Waals surface area contributed by atoms with Crippen molar-refractivity contribution in [2.75, 3.05) is 6.54 Å². The molecule has 0 amide bonds. The van der Waals surface area contributed by atoms with Crippen molar-refractivity contribution in [2.45, 2.75) is 53.4 Å². The first-order valence-electron chi connectivity index (χ1n) is 9.47. The summed E-state index contributed by atoms with van der Waals surface area (Å²) in [6.07, 6.45) is 4.33. The third-order valence-corrected chi connectivity index (χ3v) is 5.22. The van der Waals surface area contributed by atoms with Crippen LogP contribution in [0.4, 0.5) is 0 Å². The normalized spacial score (nSPS) is 11.4. The van der Waals surface area contributed by atoms with Crippen molar-refractivity contribution < 1.29 is 0 Å². The van der Waals surface area contributed by atoms with Crippen LogP contribution in [-0.4, -0.2) is 11.5 Å². The third kappa shape index (κ3) is 3.36. The molecule has 2 nitrogen and oxygen atoms in total. The van der Waals surface area contributed by atoms with Gasteiger partial charge in [-0.05, 0) is 75.3 Å². The van der Waals surface area contributed by atoms with E-state index in [2.05, 4.69) is 63.0 Å². The Hall–Kier alpha value is -2.06. The van der Waals surface area contributed by atoms with Crippen molar-refractivity contribution in [3.63, 3.8) is 0 Å². The molecule has 0 radical (unpaired) electrons. The molecular formula is C23H30N2. The second kappa shape index (κ2) is 7.45. The van der Waals surface area contributed by atoms with E-state index in [0.29, 0.717) is 0 Å². The number of rotatable bonds is 6. The maximum absolute atomic E-state index is 5.73. The number of nitrogens with one attached hydrogen (secondary N) is 1. The Labute approximate surface area is 151 Å². The van der Waals surface area contributed by atoms with Gasteiger partial charge in [-0.1, -0.05) is 42.8 Å². The fraction of sp³-hybridized carbons (Fsp3) is 0.391. The fourth-order valence-electron chi connectivity index (χ4n) is 4.12. The number of H-pyrrole nitrogens is 1. The largest absolute Gasteiger partial charge is 0.354 e. The van der Waals surface area contributed by atoms with Gasteiger partial charge in [0.2, 0.25) is 0 Å². The van der Waals surface area contributed by atoms with Crippen LogP contribution in [0.1, 0.15) is 47.6 Å². The molecule has 132 valence electrons. The van der Waals surface area contributed by atoms with Gasteiger partial charge in [0, 0.05) is 16.5 Å². The highest BCUT2D eigenvalue weighted by Gasteiger charge is 2.17. The maximum atomic E-state index is 5.73. The second-order valence-electron chi connectivity index (χ2n) is 7.19. The van der Waals surface area contributed by atoms with Gasteiger partial charge in [-0.3, -0.25) is 0 Å². The van der Waals surface area contributed by atoms with Crippen molar-refractivity contribution in [1.29, 1.82) is 0 Å². The number of nitrogens with two attached hydrogens (primary N) is 1. The van der Waals surface area contributed by atoms with Crippen LogP contribution < -0.4 is 5.73 Å². The summed E-state index contributed by atoms with van der Waals surface area (Å²) in [5.41, 5.74) is 16.6. The van der Waals surface area contributed by atoms with Gasteiger partial charge in [-0.15, -0.1) is 0 Å². The van der Waals surface area contributed by atoms with Gasteiger partial charge in [-0.25, -0.2) is 0 Å².